The number of piperazine rings is 1. The molecule has 0 amide bonds. The van der Waals surface area contributed by atoms with Crippen LogP contribution in [0.4, 0.5) is 5.69 Å². The Hall–Kier alpha value is -3.57. The molecule has 0 unspecified atom stereocenters. The van der Waals surface area contributed by atoms with Crippen molar-refractivity contribution >= 4 is 16.7 Å². The summed E-state index contributed by atoms with van der Waals surface area (Å²) in [6.45, 7) is 6.47. The van der Waals surface area contributed by atoms with Gasteiger partial charge in [0.05, 0.1) is 18.7 Å². The van der Waals surface area contributed by atoms with E-state index in [4.69, 9.17) is 9.47 Å². The number of methoxy groups -OCH3 is 1. The van der Waals surface area contributed by atoms with Gasteiger partial charge in [-0.15, -0.1) is 0 Å². The molecule has 3 aromatic rings. The van der Waals surface area contributed by atoms with Crippen LogP contribution in [0.25, 0.3) is 11.0 Å². The Morgan fingerprint density at radius 2 is 1.97 bits per heavy atom. The van der Waals surface area contributed by atoms with Crippen molar-refractivity contribution in [2.24, 2.45) is 7.05 Å². The lowest BCUT2D eigenvalue weighted by molar-refractivity contribution is 0.0720. The highest BCUT2D eigenvalue weighted by molar-refractivity contribution is 5.93. The van der Waals surface area contributed by atoms with Gasteiger partial charge in [0.1, 0.15) is 35.3 Å². The second-order valence-corrected chi connectivity index (χ2v) is 9.29. The standard InChI is InChI=1S/C27H31N5O3/c1-5-19-14-32-20(15-31(19)22(6-2)17-7-10-21(34-4)11-8-17)16-35-26-25(32)24-23(30(3)27(26)33)12-9-18(13-28)29-24/h7-12,19-20,22H,5-6,14-16H2,1-4H3/t19-,20+,22+/m1/s1. The van der Waals surface area contributed by atoms with Gasteiger partial charge in [-0.3, -0.25) is 9.69 Å². The first-order valence-corrected chi connectivity index (χ1v) is 12.2. The molecule has 0 N–H and O–H groups in total. The molecule has 2 aliphatic heterocycles. The number of anilines is 1. The summed E-state index contributed by atoms with van der Waals surface area (Å²) in [5.74, 6) is 1.19. The maximum Gasteiger partial charge on any atom is 0.295 e. The minimum absolute atomic E-state index is 0.0837. The van der Waals surface area contributed by atoms with E-state index in [-0.39, 0.29) is 17.6 Å². The predicted octanol–water partition coefficient (Wildman–Crippen LogP) is 3.63. The molecule has 1 aromatic carbocycles. The summed E-state index contributed by atoms with van der Waals surface area (Å²) in [7, 11) is 3.41. The van der Waals surface area contributed by atoms with Crippen molar-refractivity contribution < 1.29 is 9.47 Å². The van der Waals surface area contributed by atoms with Crippen molar-refractivity contribution in [2.75, 3.05) is 31.7 Å². The van der Waals surface area contributed by atoms with Crippen LogP contribution in [0, 0.1) is 11.3 Å². The van der Waals surface area contributed by atoms with Gasteiger partial charge in [0.2, 0.25) is 5.75 Å². The third-order valence-electron chi connectivity index (χ3n) is 7.49. The molecule has 8 heteroatoms. The van der Waals surface area contributed by atoms with Gasteiger partial charge >= 0.3 is 0 Å². The highest BCUT2D eigenvalue weighted by Crippen LogP contribution is 2.41. The van der Waals surface area contributed by atoms with Crippen LogP contribution in [-0.2, 0) is 7.05 Å². The number of nitriles is 1. The molecular formula is C27H31N5O3. The number of aromatic nitrogens is 2. The number of fused-ring (bicyclic) bond motifs is 5. The van der Waals surface area contributed by atoms with Crippen LogP contribution in [0.5, 0.6) is 11.5 Å². The van der Waals surface area contributed by atoms with Gasteiger partial charge in [-0.1, -0.05) is 26.0 Å². The van der Waals surface area contributed by atoms with Crippen molar-refractivity contribution in [3.63, 3.8) is 0 Å². The fourth-order valence-electron chi connectivity index (χ4n) is 5.63. The normalized spacial score (nSPS) is 20.5. The Kier molecular flexibility index (Phi) is 6.12. The predicted molar refractivity (Wildman–Crippen MR) is 135 cm³/mol. The molecule has 0 radical (unpaired) electrons. The number of pyridine rings is 2. The maximum atomic E-state index is 13.2. The van der Waals surface area contributed by atoms with Gasteiger partial charge in [0.15, 0.2) is 0 Å². The average molecular weight is 474 g/mol. The molecule has 3 atom stereocenters. The van der Waals surface area contributed by atoms with Crippen LogP contribution in [0.2, 0.25) is 0 Å². The molecule has 1 fully saturated rings. The van der Waals surface area contributed by atoms with Crippen molar-refractivity contribution in [3.05, 3.63) is 58.0 Å². The monoisotopic (exact) mass is 473 g/mol. The molecule has 0 aliphatic carbocycles. The van der Waals surface area contributed by atoms with Crippen LogP contribution in [-0.4, -0.2) is 53.3 Å². The van der Waals surface area contributed by atoms with Crippen molar-refractivity contribution in [1.82, 2.24) is 14.5 Å². The minimum atomic E-state index is -0.169. The molecule has 2 aromatic heterocycles. The molecule has 1 saturated heterocycles. The SMILES string of the molecule is CC[C@@H]1CN2c3c(c(=O)n(C)c4ccc(C#N)nc34)OC[C@@H]2CN1[C@@H](CC)c1ccc(OC)cc1. The molecule has 0 saturated carbocycles. The van der Waals surface area contributed by atoms with E-state index in [0.29, 0.717) is 35.1 Å². The van der Waals surface area contributed by atoms with E-state index in [1.807, 2.05) is 12.1 Å². The third kappa shape index (κ3) is 3.80. The fourth-order valence-corrected chi connectivity index (χ4v) is 5.63. The number of benzene rings is 1. The number of ether oxygens (including phenoxy) is 2. The smallest absolute Gasteiger partial charge is 0.295 e. The highest BCUT2D eigenvalue weighted by atomic mass is 16.5. The van der Waals surface area contributed by atoms with E-state index in [9.17, 15) is 10.1 Å². The van der Waals surface area contributed by atoms with E-state index < -0.39 is 0 Å². The largest absolute Gasteiger partial charge is 0.497 e. The van der Waals surface area contributed by atoms with Gasteiger partial charge in [0.25, 0.3) is 5.56 Å². The number of rotatable bonds is 5. The summed E-state index contributed by atoms with van der Waals surface area (Å²) in [5, 5.41) is 9.46. The lowest BCUT2D eigenvalue weighted by Crippen LogP contribution is -2.62. The van der Waals surface area contributed by atoms with E-state index in [2.05, 4.69) is 46.8 Å². The Morgan fingerprint density at radius 1 is 1.20 bits per heavy atom. The molecule has 182 valence electrons. The topological polar surface area (TPSA) is 83.6 Å². The van der Waals surface area contributed by atoms with Crippen LogP contribution < -0.4 is 19.9 Å². The summed E-state index contributed by atoms with van der Waals surface area (Å²) in [5.41, 5.74) is 3.52. The lowest BCUT2D eigenvalue weighted by Gasteiger charge is -2.51. The van der Waals surface area contributed by atoms with E-state index >= 15 is 0 Å². The molecule has 0 spiro atoms. The second kappa shape index (κ2) is 9.23. The molecule has 2 aliphatic rings. The maximum absolute atomic E-state index is 13.2. The zero-order chi connectivity index (χ0) is 24.7. The summed E-state index contributed by atoms with van der Waals surface area (Å²) >= 11 is 0. The fraction of sp³-hybridized carbons (Fsp3) is 0.444. The van der Waals surface area contributed by atoms with E-state index in [1.165, 1.54) is 5.56 Å². The van der Waals surface area contributed by atoms with Gasteiger partial charge in [-0.25, -0.2) is 4.98 Å². The van der Waals surface area contributed by atoms with Crippen LogP contribution in [0.3, 0.4) is 0 Å². The van der Waals surface area contributed by atoms with Crippen LogP contribution in [0.15, 0.2) is 41.2 Å². The second-order valence-electron chi connectivity index (χ2n) is 9.29. The molecule has 35 heavy (non-hydrogen) atoms. The number of hydrogen-bond acceptors (Lipinski definition) is 7. The number of aryl methyl sites for hydroxylation is 1. The molecule has 8 nitrogen and oxygen atoms in total. The number of nitrogens with zero attached hydrogens (tertiary/aromatic N) is 5. The van der Waals surface area contributed by atoms with Gasteiger partial charge in [0, 0.05) is 32.2 Å². The van der Waals surface area contributed by atoms with Gasteiger partial charge in [-0.2, -0.15) is 5.26 Å². The van der Waals surface area contributed by atoms with E-state index in [1.54, 1.807) is 30.9 Å². The zero-order valence-corrected chi connectivity index (χ0v) is 20.7. The first-order chi connectivity index (χ1) is 17.0. The van der Waals surface area contributed by atoms with Crippen molar-refractivity contribution in [3.8, 4) is 17.6 Å². The Balaban J connectivity index is 1.56. The summed E-state index contributed by atoms with van der Waals surface area (Å²) < 4.78 is 13.0. The van der Waals surface area contributed by atoms with Crippen molar-refractivity contribution in [1.29, 1.82) is 5.26 Å². The van der Waals surface area contributed by atoms with Crippen LogP contribution >= 0.6 is 0 Å². The minimum Gasteiger partial charge on any atom is -0.497 e. The Labute approximate surface area is 205 Å². The average Bonchev–Trinajstić information content (AvgIpc) is 2.91. The third-order valence-corrected chi connectivity index (χ3v) is 7.49. The first-order valence-electron chi connectivity index (χ1n) is 12.2. The molecular weight excluding hydrogens is 442 g/mol. The molecule has 5 rings (SSSR count). The van der Waals surface area contributed by atoms with Gasteiger partial charge in [-0.05, 0) is 42.7 Å². The zero-order valence-electron chi connectivity index (χ0n) is 20.7. The van der Waals surface area contributed by atoms with Crippen molar-refractivity contribution in [2.45, 2.75) is 44.8 Å². The summed E-state index contributed by atoms with van der Waals surface area (Å²) in [4.78, 5) is 22.7. The Morgan fingerprint density at radius 3 is 2.63 bits per heavy atom. The first kappa shape index (κ1) is 23.2. The quantitative estimate of drug-likeness (QED) is 0.560. The van der Waals surface area contributed by atoms with Gasteiger partial charge < -0.3 is 18.9 Å². The van der Waals surface area contributed by atoms with Crippen LogP contribution in [0.1, 0.15) is 44.0 Å². The highest BCUT2D eigenvalue weighted by Gasteiger charge is 2.42. The number of hydrogen-bond donors (Lipinski definition) is 0. The molecule has 4 heterocycles. The lowest BCUT2D eigenvalue weighted by atomic mass is 9.94. The van der Waals surface area contributed by atoms with E-state index in [0.717, 1.165) is 37.4 Å². The Bertz CT molecular complexity index is 1340. The molecule has 0 bridgehead atoms. The summed E-state index contributed by atoms with van der Waals surface area (Å²) in [6, 6.07) is 14.6. The summed E-state index contributed by atoms with van der Waals surface area (Å²) in [6.07, 6.45) is 1.97.